The van der Waals surface area contributed by atoms with Crippen molar-refractivity contribution in [1.29, 1.82) is 0 Å². The Labute approximate surface area is 211 Å². The van der Waals surface area contributed by atoms with E-state index in [2.05, 4.69) is 48.4 Å². The van der Waals surface area contributed by atoms with Gasteiger partial charge >= 0.3 is 0 Å². The Morgan fingerprint density at radius 3 is 2.56 bits per heavy atom. The molecule has 1 saturated heterocycles. The molecule has 2 unspecified atom stereocenters. The van der Waals surface area contributed by atoms with E-state index >= 15 is 0 Å². The molecule has 9 heteroatoms. The lowest BCUT2D eigenvalue weighted by molar-refractivity contribution is 0.338. The summed E-state index contributed by atoms with van der Waals surface area (Å²) in [7, 11) is 0. The van der Waals surface area contributed by atoms with Crippen molar-refractivity contribution < 1.29 is 4.74 Å². The quantitative estimate of drug-likeness (QED) is 0.368. The van der Waals surface area contributed by atoms with Crippen LogP contribution in [0.25, 0.3) is 0 Å². The SMILES string of the molecule is CCOc1ccc(Nc2nc(N)nc(N(C3CCCCCC3)C(CC)C3CCCN3)n2)cc1Br. The first-order valence-electron chi connectivity index (χ1n) is 12.8. The van der Waals surface area contributed by atoms with Crippen molar-refractivity contribution in [3.05, 3.63) is 22.7 Å². The van der Waals surface area contributed by atoms with Gasteiger partial charge in [0.05, 0.1) is 11.1 Å². The van der Waals surface area contributed by atoms with Crippen LogP contribution in [0.1, 0.15) is 71.6 Å². The van der Waals surface area contributed by atoms with Crippen LogP contribution in [0.15, 0.2) is 22.7 Å². The highest BCUT2D eigenvalue weighted by molar-refractivity contribution is 9.10. The fraction of sp³-hybridized carbons (Fsp3) is 0.640. The molecule has 4 rings (SSSR count). The second-order valence-corrected chi connectivity index (χ2v) is 10.1. The fourth-order valence-electron chi connectivity index (χ4n) is 5.37. The van der Waals surface area contributed by atoms with Gasteiger partial charge in [-0.25, -0.2) is 0 Å². The van der Waals surface area contributed by atoms with Crippen molar-refractivity contribution in [2.45, 2.75) is 89.8 Å². The van der Waals surface area contributed by atoms with E-state index in [1.54, 1.807) is 0 Å². The Morgan fingerprint density at radius 2 is 1.91 bits per heavy atom. The first-order valence-corrected chi connectivity index (χ1v) is 13.6. The van der Waals surface area contributed by atoms with Gasteiger partial charge in [0.25, 0.3) is 0 Å². The highest BCUT2D eigenvalue weighted by Crippen LogP contribution is 2.32. The summed E-state index contributed by atoms with van der Waals surface area (Å²) >= 11 is 3.58. The zero-order valence-electron chi connectivity index (χ0n) is 20.4. The molecule has 2 atom stereocenters. The van der Waals surface area contributed by atoms with Gasteiger partial charge < -0.3 is 26.0 Å². The molecule has 0 radical (unpaired) electrons. The average molecular weight is 533 g/mol. The van der Waals surface area contributed by atoms with Gasteiger partial charge in [0.15, 0.2) is 0 Å². The number of halogens is 1. The normalized spacial score (nSPS) is 20.0. The maximum absolute atomic E-state index is 6.23. The molecule has 1 aromatic heterocycles. The minimum Gasteiger partial charge on any atom is -0.493 e. The molecule has 1 aromatic carbocycles. The summed E-state index contributed by atoms with van der Waals surface area (Å²) in [4.78, 5) is 16.4. The summed E-state index contributed by atoms with van der Waals surface area (Å²) in [6.45, 7) is 5.94. The average Bonchev–Trinajstić information content (AvgIpc) is 3.21. The summed E-state index contributed by atoms with van der Waals surface area (Å²) in [5.41, 5.74) is 7.08. The zero-order chi connectivity index (χ0) is 23.9. The van der Waals surface area contributed by atoms with Crippen LogP contribution in [0.5, 0.6) is 5.75 Å². The van der Waals surface area contributed by atoms with Gasteiger partial charge in [0.2, 0.25) is 17.8 Å². The smallest absolute Gasteiger partial charge is 0.233 e. The summed E-state index contributed by atoms with van der Waals surface area (Å²) in [5.74, 6) is 2.20. The molecule has 8 nitrogen and oxygen atoms in total. The van der Waals surface area contributed by atoms with Crippen molar-refractivity contribution >= 4 is 39.5 Å². The van der Waals surface area contributed by atoms with E-state index in [0.717, 1.165) is 28.9 Å². The number of nitrogen functional groups attached to an aromatic ring is 1. The van der Waals surface area contributed by atoms with Gasteiger partial charge in [0.1, 0.15) is 5.75 Å². The molecule has 34 heavy (non-hydrogen) atoms. The number of nitrogens with one attached hydrogen (secondary N) is 2. The number of rotatable bonds is 9. The third-order valence-electron chi connectivity index (χ3n) is 6.92. The maximum Gasteiger partial charge on any atom is 0.233 e. The number of ether oxygens (including phenoxy) is 1. The van der Waals surface area contributed by atoms with Crippen molar-refractivity contribution in [2.24, 2.45) is 0 Å². The van der Waals surface area contributed by atoms with Crippen molar-refractivity contribution in [2.75, 3.05) is 29.1 Å². The van der Waals surface area contributed by atoms with Crippen LogP contribution in [0.3, 0.4) is 0 Å². The molecule has 0 amide bonds. The molecule has 2 fully saturated rings. The minimum absolute atomic E-state index is 0.241. The lowest BCUT2D eigenvalue weighted by Gasteiger charge is -2.40. The van der Waals surface area contributed by atoms with E-state index in [4.69, 9.17) is 15.5 Å². The minimum atomic E-state index is 0.241. The number of benzene rings is 1. The zero-order valence-corrected chi connectivity index (χ0v) is 22.0. The van der Waals surface area contributed by atoms with E-state index in [1.165, 1.54) is 51.4 Å². The molecule has 0 bridgehead atoms. The largest absolute Gasteiger partial charge is 0.493 e. The van der Waals surface area contributed by atoms with Gasteiger partial charge in [-0.05, 0) is 79.7 Å². The van der Waals surface area contributed by atoms with Crippen molar-refractivity contribution in [1.82, 2.24) is 20.3 Å². The standard InChI is InChI=1S/C25H38BrN7O/c1-3-21(20-12-9-15-28-20)33(18-10-7-5-6-8-11-18)25-31-23(27)30-24(32-25)29-17-13-14-22(34-4-2)19(26)16-17/h13-14,16,18,20-21,28H,3-12,15H2,1-2H3,(H3,27,29,30,31,32). The van der Waals surface area contributed by atoms with Gasteiger partial charge in [-0.3, -0.25) is 0 Å². The summed E-state index contributed by atoms with van der Waals surface area (Å²) in [6.07, 6.45) is 10.9. The first kappa shape index (κ1) is 25.0. The Bertz CT molecular complexity index is 929. The van der Waals surface area contributed by atoms with Crippen molar-refractivity contribution in [3.63, 3.8) is 0 Å². The fourth-order valence-corrected chi connectivity index (χ4v) is 5.86. The van der Waals surface area contributed by atoms with Crippen LogP contribution >= 0.6 is 15.9 Å². The second-order valence-electron chi connectivity index (χ2n) is 9.25. The molecule has 2 heterocycles. The maximum atomic E-state index is 6.23. The molecular weight excluding hydrogens is 494 g/mol. The summed E-state index contributed by atoms with van der Waals surface area (Å²) in [6, 6.07) is 7.05. The Balaban J connectivity index is 1.65. The van der Waals surface area contributed by atoms with Crippen LogP contribution in [0.4, 0.5) is 23.5 Å². The van der Waals surface area contributed by atoms with Crippen LogP contribution in [0.2, 0.25) is 0 Å². The van der Waals surface area contributed by atoms with Gasteiger partial charge in [-0.1, -0.05) is 32.6 Å². The molecule has 4 N–H and O–H groups in total. The van der Waals surface area contributed by atoms with E-state index in [9.17, 15) is 0 Å². The number of anilines is 4. The summed E-state index contributed by atoms with van der Waals surface area (Å²) < 4.78 is 6.50. The van der Waals surface area contributed by atoms with Crippen molar-refractivity contribution in [3.8, 4) is 5.75 Å². The van der Waals surface area contributed by atoms with Crippen LogP contribution in [-0.4, -0.2) is 46.2 Å². The van der Waals surface area contributed by atoms with E-state index in [1.807, 2.05) is 25.1 Å². The van der Waals surface area contributed by atoms with E-state index in [-0.39, 0.29) is 5.95 Å². The molecule has 1 saturated carbocycles. The lowest BCUT2D eigenvalue weighted by Crippen LogP contribution is -2.52. The molecule has 2 aliphatic rings. The predicted molar refractivity (Wildman–Crippen MR) is 142 cm³/mol. The molecule has 2 aromatic rings. The third kappa shape index (κ3) is 6.10. The molecule has 0 spiro atoms. The molecule has 186 valence electrons. The topological polar surface area (TPSA) is 101 Å². The second kappa shape index (κ2) is 12.0. The first-order chi connectivity index (χ1) is 16.6. The molecule has 1 aliphatic carbocycles. The van der Waals surface area contributed by atoms with Crippen LogP contribution in [0, 0.1) is 0 Å². The Hall–Kier alpha value is -2.13. The number of hydrogen-bond donors (Lipinski definition) is 3. The number of nitrogens with zero attached hydrogens (tertiary/aromatic N) is 4. The molecule has 1 aliphatic heterocycles. The van der Waals surface area contributed by atoms with E-state index < -0.39 is 0 Å². The number of hydrogen-bond acceptors (Lipinski definition) is 8. The number of nitrogens with two attached hydrogens (primary N) is 1. The van der Waals surface area contributed by atoms with Crippen LogP contribution in [-0.2, 0) is 0 Å². The third-order valence-corrected chi connectivity index (χ3v) is 7.54. The monoisotopic (exact) mass is 531 g/mol. The number of aromatic nitrogens is 3. The lowest BCUT2D eigenvalue weighted by atomic mass is 9.97. The van der Waals surface area contributed by atoms with Gasteiger partial charge in [0, 0.05) is 23.8 Å². The van der Waals surface area contributed by atoms with Crippen LogP contribution < -0.4 is 26.0 Å². The Morgan fingerprint density at radius 1 is 1.12 bits per heavy atom. The van der Waals surface area contributed by atoms with Gasteiger partial charge in [-0.2, -0.15) is 15.0 Å². The highest BCUT2D eigenvalue weighted by atomic mass is 79.9. The van der Waals surface area contributed by atoms with E-state index in [0.29, 0.717) is 36.6 Å². The molecular formula is C25H38BrN7O. The predicted octanol–water partition coefficient (Wildman–Crippen LogP) is 5.42. The summed E-state index contributed by atoms with van der Waals surface area (Å²) in [5, 5.41) is 7.05. The van der Waals surface area contributed by atoms with Gasteiger partial charge in [-0.15, -0.1) is 0 Å². The highest BCUT2D eigenvalue weighted by Gasteiger charge is 2.35. The Kier molecular flexibility index (Phi) is 8.83.